The Balaban J connectivity index is 2.15. The van der Waals surface area contributed by atoms with E-state index in [0.29, 0.717) is 5.76 Å². The first-order valence-corrected chi connectivity index (χ1v) is 8.07. The molecule has 1 spiro atoms. The number of methoxy groups -OCH3 is 1. The second-order valence-electron chi connectivity index (χ2n) is 6.64. The maximum atomic E-state index is 9.85. The zero-order valence-electron chi connectivity index (χ0n) is 13.4. The Labute approximate surface area is 132 Å². The SMILES string of the molecule is COC1(C)CC2(CCCCC2)C(C#N)=C(c2ccccc2)O1. The van der Waals surface area contributed by atoms with Crippen molar-refractivity contribution in [2.24, 2.45) is 5.41 Å². The summed E-state index contributed by atoms with van der Waals surface area (Å²) in [5.74, 6) is 0.0451. The van der Waals surface area contributed by atoms with Crippen LogP contribution in [0.2, 0.25) is 0 Å². The van der Waals surface area contributed by atoms with Crippen molar-refractivity contribution in [1.82, 2.24) is 0 Å². The highest BCUT2D eigenvalue weighted by Crippen LogP contribution is 2.54. The van der Waals surface area contributed by atoms with Gasteiger partial charge in [0.1, 0.15) is 5.76 Å². The third-order valence-corrected chi connectivity index (χ3v) is 5.13. The van der Waals surface area contributed by atoms with Gasteiger partial charge in [-0.05, 0) is 12.8 Å². The molecule has 1 atom stereocenters. The molecular weight excluding hydrogens is 274 g/mol. The average molecular weight is 297 g/mol. The minimum atomic E-state index is -0.664. The lowest BCUT2D eigenvalue weighted by Gasteiger charge is -2.47. The van der Waals surface area contributed by atoms with Crippen LogP contribution in [0.3, 0.4) is 0 Å². The molecule has 3 nitrogen and oxygen atoms in total. The summed E-state index contributed by atoms with van der Waals surface area (Å²) in [6, 6.07) is 12.4. The summed E-state index contributed by atoms with van der Waals surface area (Å²) < 4.78 is 11.9. The van der Waals surface area contributed by atoms with E-state index in [9.17, 15) is 5.26 Å². The first kappa shape index (κ1) is 15.1. The number of allylic oxidation sites excluding steroid dienone is 1. The van der Waals surface area contributed by atoms with Gasteiger partial charge in [-0.2, -0.15) is 5.26 Å². The Morgan fingerprint density at radius 3 is 2.41 bits per heavy atom. The molecule has 1 aliphatic heterocycles. The third kappa shape index (κ3) is 2.53. The van der Waals surface area contributed by atoms with Gasteiger partial charge in [0.05, 0.1) is 11.6 Å². The quantitative estimate of drug-likeness (QED) is 0.797. The van der Waals surface area contributed by atoms with E-state index < -0.39 is 5.79 Å². The molecule has 0 radical (unpaired) electrons. The number of ether oxygens (including phenoxy) is 2. The van der Waals surface area contributed by atoms with E-state index in [-0.39, 0.29) is 5.41 Å². The van der Waals surface area contributed by atoms with Crippen molar-refractivity contribution in [1.29, 1.82) is 5.26 Å². The number of rotatable bonds is 2. The second-order valence-corrected chi connectivity index (χ2v) is 6.64. The molecule has 1 saturated carbocycles. The Hall–Kier alpha value is -1.79. The van der Waals surface area contributed by atoms with Crippen molar-refractivity contribution in [3.63, 3.8) is 0 Å². The smallest absolute Gasteiger partial charge is 0.208 e. The van der Waals surface area contributed by atoms with E-state index in [1.165, 1.54) is 19.3 Å². The number of nitriles is 1. The number of hydrogen-bond acceptors (Lipinski definition) is 3. The lowest BCUT2D eigenvalue weighted by atomic mass is 9.64. The van der Waals surface area contributed by atoms with Crippen LogP contribution in [0, 0.1) is 16.7 Å². The molecule has 1 heterocycles. The van der Waals surface area contributed by atoms with Crippen LogP contribution in [-0.2, 0) is 9.47 Å². The van der Waals surface area contributed by atoms with Crippen LogP contribution in [0.15, 0.2) is 35.9 Å². The first-order valence-electron chi connectivity index (χ1n) is 8.07. The summed E-state index contributed by atoms with van der Waals surface area (Å²) in [7, 11) is 1.69. The van der Waals surface area contributed by atoms with Crippen LogP contribution in [0.4, 0.5) is 0 Å². The molecule has 0 saturated heterocycles. The highest BCUT2D eigenvalue weighted by Gasteiger charge is 2.49. The molecule has 2 aliphatic rings. The Kier molecular flexibility index (Phi) is 3.97. The zero-order valence-corrected chi connectivity index (χ0v) is 13.4. The van der Waals surface area contributed by atoms with Crippen LogP contribution < -0.4 is 0 Å². The normalized spacial score (nSPS) is 27.3. The van der Waals surface area contributed by atoms with Gasteiger partial charge in [0.15, 0.2) is 0 Å². The largest absolute Gasteiger partial charge is 0.461 e. The monoisotopic (exact) mass is 297 g/mol. The van der Waals surface area contributed by atoms with Crippen LogP contribution in [0.25, 0.3) is 5.76 Å². The molecule has 0 aromatic heterocycles. The Morgan fingerprint density at radius 1 is 1.14 bits per heavy atom. The maximum absolute atomic E-state index is 9.85. The minimum absolute atomic E-state index is 0.0960. The number of benzene rings is 1. The van der Waals surface area contributed by atoms with Crippen molar-refractivity contribution in [2.45, 2.75) is 51.2 Å². The van der Waals surface area contributed by atoms with Gasteiger partial charge < -0.3 is 9.47 Å². The zero-order chi connectivity index (χ0) is 15.6. The van der Waals surface area contributed by atoms with Crippen LogP contribution >= 0.6 is 0 Å². The van der Waals surface area contributed by atoms with Crippen molar-refractivity contribution in [3.05, 3.63) is 41.5 Å². The fourth-order valence-electron chi connectivity index (χ4n) is 3.98. The number of hydrogen-bond donors (Lipinski definition) is 0. The number of nitrogens with zero attached hydrogens (tertiary/aromatic N) is 1. The molecule has 22 heavy (non-hydrogen) atoms. The molecule has 0 amide bonds. The lowest BCUT2D eigenvalue weighted by molar-refractivity contribution is -0.197. The van der Waals surface area contributed by atoms with E-state index in [1.54, 1.807) is 7.11 Å². The molecular formula is C19H23NO2. The van der Waals surface area contributed by atoms with Crippen LogP contribution in [0.1, 0.15) is 51.0 Å². The summed E-state index contributed by atoms with van der Waals surface area (Å²) in [5.41, 5.74) is 1.68. The van der Waals surface area contributed by atoms with Gasteiger partial charge in [-0.15, -0.1) is 0 Å². The molecule has 3 heteroatoms. The van der Waals surface area contributed by atoms with E-state index in [0.717, 1.165) is 30.4 Å². The highest BCUT2D eigenvalue weighted by atomic mass is 16.7. The van der Waals surface area contributed by atoms with Gasteiger partial charge in [0.25, 0.3) is 0 Å². The van der Waals surface area contributed by atoms with Gasteiger partial charge in [-0.3, -0.25) is 0 Å². The first-order chi connectivity index (χ1) is 10.6. The average Bonchev–Trinajstić information content (AvgIpc) is 2.56. The van der Waals surface area contributed by atoms with E-state index in [2.05, 4.69) is 6.07 Å². The molecule has 116 valence electrons. The summed E-state index contributed by atoms with van der Waals surface area (Å²) in [5, 5.41) is 9.85. The molecule has 1 aliphatic carbocycles. The van der Waals surface area contributed by atoms with Gasteiger partial charge in [0, 0.05) is 31.4 Å². The maximum Gasteiger partial charge on any atom is 0.208 e. The highest BCUT2D eigenvalue weighted by molar-refractivity contribution is 5.69. The van der Waals surface area contributed by atoms with Crippen molar-refractivity contribution in [2.75, 3.05) is 7.11 Å². The Morgan fingerprint density at radius 2 is 1.82 bits per heavy atom. The van der Waals surface area contributed by atoms with E-state index in [4.69, 9.17) is 9.47 Å². The second kappa shape index (κ2) is 5.78. The molecule has 1 aromatic carbocycles. The fraction of sp³-hybridized carbons (Fsp3) is 0.526. The molecule has 1 fully saturated rings. The predicted octanol–water partition coefficient (Wildman–Crippen LogP) is 4.65. The molecule has 0 bridgehead atoms. The van der Waals surface area contributed by atoms with Gasteiger partial charge in [-0.25, -0.2) is 0 Å². The van der Waals surface area contributed by atoms with Crippen molar-refractivity contribution >= 4 is 5.76 Å². The molecule has 1 aromatic rings. The van der Waals surface area contributed by atoms with Crippen molar-refractivity contribution in [3.8, 4) is 6.07 Å². The predicted molar refractivity (Wildman–Crippen MR) is 85.6 cm³/mol. The van der Waals surface area contributed by atoms with Gasteiger partial charge >= 0.3 is 0 Å². The summed E-state index contributed by atoms with van der Waals surface area (Å²) in [6.07, 6.45) is 6.46. The minimum Gasteiger partial charge on any atom is -0.461 e. The van der Waals surface area contributed by atoms with Crippen LogP contribution in [-0.4, -0.2) is 12.9 Å². The molecule has 3 rings (SSSR count). The molecule has 1 unspecified atom stereocenters. The summed E-state index contributed by atoms with van der Waals surface area (Å²) in [4.78, 5) is 0. The van der Waals surface area contributed by atoms with E-state index in [1.807, 2.05) is 37.3 Å². The lowest BCUT2D eigenvalue weighted by Crippen LogP contribution is -2.44. The van der Waals surface area contributed by atoms with Gasteiger partial charge in [0.2, 0.25) is 5.79 Å². The fourth-order valence-corrected chi connectivity index (χ4v) is 3.98. The van der Waals surface area contributed by atoms with Crippen molar-refractivity contribution < 1.29 is 9.47 Å². The summed E-state index contributed by atoms with van der Waals surface area (Å²) in [6.45, 7) is 1.99. The Bertz CT molecular complexity index is 608. The third-order valence-electron chi connectivity index (χ3n) is 5.13. The van der Waals surface area contributed by atoms with Crippen LogP contribution in [0.5, 0.6) is 0 Å². The summed E-state index contributed by atoms with van der Waals surface area (Å²) >= 11 is 0. The van der Waals surface area contributed by atoms with Gasteiger partial charge in [-0.1, -0.05) is 49.6 Å². The topological polar surface area (TPSA) is 42.2 Å². The molecule has 0 N–H and O–H groups in total. The van der Waals surface area contributed by atoms with E-state index >= 15 is 0 Å². The standard InChI is InChI=1S/C19H23NO2/c1-18(21-2)14-19(11-7-4-8-12-19)16(13-20)17(22-18)15-9-5-3-6-10-15/h3,5-6,9-10H,4,7-8,11-12,14H2,1-2H3.